The van der Waals surface area contributed by atoms with Gasteiger partial charge in [-0.25, -0.2) is 4.39 Å². The highest BCUT2D eigenvalue weighted by atomic mass is 19.1. The van der Waals surface area contributed by atoms with E-state index in [0.717, 1.165) is 18.4 Å². The molecule has 132 valence electrons. The van der Waals surface area contributed by atoms with Crippen LogP contribution in [0, 0.1) is 12.7 Å². The number of halogens is 1. The molecule has 4 nitrogen and oxygen atoms in total. The lowest BCUT2D eigenvalue weighted by molar-refractivity contribution is 0.0904. The van der Waals surface area contributed by atoms with Crippen molar-refractivity contribution in [1.29, 1.82) is 0 Å². The molecule has 2 aromatic rings. The molecule has 1 aromatic heterocycles. The summed E-state index contributed by atoms with van der Waals surface area (Å²) in [5.74, 6) is -0.896. The molecule has 3 unspecified atom stereocenters. The first kappa shape index (κ1) is 17.5. The highest BCUT2D eigenvalue weighted by Crippen LogP contribution is 2.35. The Kier molecular flexibility index (Phi) is 4.86. The van der Waals surface area contributed by atoms with Crippen LogP contribution in [0.15, 0.2) is 42.7 Å². The molecule has 2 heterocycles. The SMILES string of the molecule is Cc1cccc(F)c1C(=O)NC(c1cccnc1)C1(C)CCC(C)N1. The van der Waals surface area contributed by atoms with Gasteiger partial charge in [0.05, 0.1) is 11.6 Å². The average molecular weight is 341 g/mol. The maximum atomic E-state index is 14.2. The van der Waals surface area contributed by atoms with Crippen molar-refractivity contribution in [1.82, 2.24) is 15.6 Å². The van der Waals surface area contributed by atoms with Crippen molar-refractivity contribution >= 4 is 5.91 Å². The van der Waals surface area contributed by atoms with Gasteiger partial charge in [-0.15, -0.1) is 0 Å². The van der Waals surface area contributed by atoms with E-state index in [1.807, 2.05) is 12.1 Å². The Hall–Kier alpha value is -2.27. The molecule has 1 aromatic carbocycles. The van der Waals surface area contributed by atoms with Gasteiger partial charge in [0.15, 0.2) is 0 Å². The monoisotopic (exact) mass is 341 g/mol. The Balaban J connectivity index is 1.95. The first-order valence-corrected chi connectivity index (χ1v) is 8.64. The van der Waals surface area contributed by atoms with Crippen LogP contribution in [-0.2, 0) is 0 Å². The zero-order valence-corrected chi connectivity index (χ0v) is 14.8. The lowest BCUT2D eigenvalue weighted by Gasteiger charge is -2.36. The molecule has 0 saturated carbocycles. The van der Waals surface area contributed by atoms with E-state index in [1.165, 1.54) is 6.07 Å². The van der Waals surface area contributed by atoms with E-state index in [2.05, 4.69) is 29.5 Å². The van der Waals surface area contributed by atoms with E-state index in [9.17, 15) is 9.18 Å². The van der Waals surface area contributed by atoms with Gasteiger partial charge >= 0.3 is 0 Å². The topological polar surface area (TPSA) is 54.0 Å². The Bertz CT molecular complexity index is 745. The van der Waals surface area contributed by atoms with Crippen molar-refractivity contribution in [3.63, 3.8) is 0 Å². The minimum absolute atomic E-state index is 0.103. The average Bonchev–Trinajstić information content (AvgIpc) is 2.93. The van der Waals surface area contributed by atoms with Crippen molar-refractivity contribution in [2.24, 2.45) is 0 Å². The normalized spacial score (nSPS) is 24.1. The summed E-state index contributed by atoms with van der Waals surface area (Å²) in [4.78, 5) is 17.0. The van der Waals surface area contributed by atoms with E-state index in [0.29, 0.717) is 11.6 Å². The van der Waals surface area contributed by atoms with Crippen molar-refractivity contribution in [2.45, 2.75) is 51.2 Å². The molecule has 1 saturated heterocycles. The van der Waals surface area contributed by atoms with Gasteiger partial charge in [0.25, 0.3) is 5.91 Å². The van der Waals surface area contributed by atoms with E-state index in [4.69, 9.17) is 0 Å². The molecule has 2 N–H and O–H groups in total. The lowest BCUT2D eigenvalue weighted by atomic mass is 9.86. The third-order valence-electron chi connectivity index (χ3n) is 5.05. The summed E-state index contributed by atoms with van der Waals surface area (Å²) in [6.07, 6.45) is 5.41. The number of hydrogen-bond acceptors (Lipinski definition) is 3. The van der Waals surface area contributed by atoms with Gasteiger partial charge in [0, 0.05) is 24.0 Å². The fourth-order valence-corrected chi connectivity index (χ4v) is 3.73. The third kappa shape index (κ3) is 3.56. The number of carbonyl (C=O) groups is 1. The fourth-order valence-electron chi connectivity index (χ4n) is 3.73. The lowest BCUT2D eigenvalue weighted by Crippen LogP contribution is -2.51. The largest absolute Gasteiger partial charge is 0.343 e. The number of aryl methyl sites for hydroxylation is 1. The summed E-state index contributed by atoms with van der Waals surface area (Å²) in [5, 5.41) is 6.63. The predicted molar refractivity (Wildman–Crippen MR) is 95.8 cm³/mol. The molecular formula is C20H24FN3O. The molecule has 0 radical (unpaired) electrons. The van der Waals surface area contributed by atoms with Crippen LogP contribution < -0.4 is 10.6 Å². The fraction of sp³-hybridized carbons (Fsp3) is 0.400. The number of carbonyl (C=O) groups excluding carboxylic acids is 1. The third-order valence-corrected chi connectivity index (χ3v) is 5.05. The van der Waals surface area contributed by atoms with Crippen LogP contribution in [0.5, 0.6) is 0 Å². The second kappa shape index (κ2) is 6.92. The number of pyridine rings is 1. The van der Waals surface area contributed by atoms with Crippen LogP contribution in [0.25, 0.3) is 0 Å². The number of nitrogens with zero attached hydrogens (tertiary/aromatic N) is 1. The zero-order valence-electron chi connectivity index (χ0n) is 14.8. The maximum absolute atomic E-state index is 14.2. The molecule has 0 spiro atoms. The van der Waals surface area contributed by atoms with Gasteiger partial charge in [0.1, 0.15) is 5.82 Å². The van der Waals surface area contributed by atoms with Gasteiger partial charge in [-0.2, -0.15) is 0 Å². The molecule has 1 aliphatic rings. The second-order valence-corrected chi connectivity index (χ2v) is 7.13. The van der Waals surface area contributed by atoms with Gasteiger partial charge in [-0.3, -0.25) is 9.78 Å². The molecule has 1 fully saturated rings. The Morgan fingerprint density at radius 3 is 2.80 bits per heavy atom. The number of rotatable bonds is 4. The molecule has 0 aliphatic carbocycles. The number of amides is 1. The quantitative estimate of drug-likeness (QED) is 0.894. The molecular weight excluding hydrogens is 317 g/mol. The van der Waals surface area contributed by atoms with Crippen LogP contribution in [0.3, 0.4) is 0 Å². The number of hydrogen-bond donors (Lipinski definition) is 2. The van der Waals surface area contributed by atoms with E-state index < -0.39 is 11.7 Å². The van der Waals surface area contributed by atoms with E-state index >= 15 is 0 Å². The van der Waals surface area contributed by atoms with Crippen LogP contribution >= 0.6 is 0 Å². The summed E-state index contributed by atoms with van der Waals surface area (Å²) in [6, 6.07) is 8.55. The van der Waals surface area contributed by atoms with Crippen LogP contribution in [0.4, 0.5) is 4.39 Å². The minimum atomic E-state index is -0.500. The summed E-state index contributed by atoms with van der Waals surface area (Å²) in [5.41, 5.74) is 1.33. The Morgan fingerprint density at radius 2 is 2.20 bits per heavy atom. The van der Waals surface area contributed by atoms with Gasteiger partial charge in [-0.05, 0) is 56.9 Å². The number of aromatic nitrogens is 1. The molecule has 3 atom stereocenters. The summed E-state index contributed by atoms with van der Waals surface area (Å²) in [6.45, 7) is 5.98. The molecule has 5 heteroatoms. The van der Waals surface area contributed by atoms with Crippen molar-refractivity contribution in [2.75, 3.05) is 0 Å². The molecule has 25 heavy (non-hydrogen) atoms. The highest BCUT2D eigenvalue weighted by molar-refractivity contribution is 5.96. The van der Waals surface area contributed by atoms with E-state index in [1.54, 1.807) is 31.5 Å². The standard InChI is InChI=1S/C20H24FN3O/c1-13-6-4-8-16(21)17(13)19(25)23-18(15-7-5-11-22-12-15)20(3)10-9-14(2)24-20/h4-8,11-12,14,18,24H,9-10H2,1-3H3,(H,23,25). The molecule has 1 amide bonds. The van der Waals surface area contributed by atoms with Crippen molar-refractivity contribution in [3.8, 4) is 0 Å². The molecule has 1 aliphatic heterocycles. The summed E-state index contributed by atoms with van der Waals surface area (Å²) < 4.78 is 14.2. The second-order valence-electron chi connectivity index (χ2n) is 7.13. The first-order chi connectivity index (χ1) is 11.9. The van der Waals surface area contributed by atoms with Crippen LogP contribution in [0.1, 0.15) is 54.2 Å². The highest BCUT2D eigenvalue weighted by Gasteiger charge is 2.41. The Labute approximate surface area is 147 Å². The smallest absolute Gasteiger partial charge is 0.255 e. The predicted octanol–water partition coefficient (Wildman–Crippen LogP) is 3.53. The van der Waals surface area contributed by atoms with Gasteiger partial charge in [-0.1, -0.05) is 18.2 Å². The van der Waals surface area contributed by atoms with Crippen molar-refractivity contribution < 1.29 is 9.18 Å². The van der Waals surface area contributed by atoms with Crippen molar-refractivity contribution in [3.05, 3.63) is 65.2 Å². The zero-order chi connectivity index (χ0) is 18.0. The van der Waals surface area contributed by atoms with Crippen LogP contribution in [0.2, 0.25) is 0 Å². The van der Waals surface area contributed by atoms with Crippen LogP contribution in [-0.4, -0.2) is 22.5 Å². The molecule has 3 rings (SSSR count). The number of benzene rings is 1. The van der Waals surface area contributed by atoms with E-state index in [-0.39, 0.29) is 17.1 Å². The van der Waals surface area contributed by atoms with Gasteiger partial charge in [0.2, 0.25) is 0 Å². The minimum Gasteiger partial charge on any atom is -0.343 e. The maximum Gasteiger partial charge on any atom is 0.255 e. The Morgan fingerprint density at radius 1 is 1.40 bits per heavy atom. The first-order valence-electron chi connectivity index (χ1n) is 8.64. The molecule has 0 bridgehead atoms. The summed E-state index contributed by atoms with van der Waals surface area (Å²) in [7, 11) is 0. The number of nitrogens with one attached hydrogen (secondary N) is 2. The van der Waals surface area contributed by atoms with Gasteiger partial charge < -0.3 is 10.6 Å². The summed E-state index contributed by atoms with van der Waals surface area (Å²) >= 11 is 0.